The van der Waals surface area contributed by atoms with Crippen molar-refractivity contribution in [3.05, 3.63) is 51.0 Å². The number of carbonyl (C=O) groups is 1. The van der Waals surface area contributed by atoms with Crippen LogP contribution in [0.4, 0.5) is 17.1 Å². The summed E-state index contributed by atoms with van der Waals surface area (Å²) in [6.07, 6.45) is 0. The molecule has 30 heavy (non-hydrogen) atoms. The van der Waals surface area contributed by atoms with Gasteiger partial charge in [0.05, 0.1) is 39.5 Å². The van der Waals surface area contributed by atoms with Crippen LogP contribution in [0.2, 0.25) is 15.1 Å². The first kappa shape index (κ1) is 23.1. The number of ether oxygens (including phenoxy) is 1. The fraction of sp³-hybridized carbons (Fsp3) is 0.278. The third-order valence-electron chi connectivity index (χ3n) is 4.36. The summed E-state index contributed by atoms with van der Waals surface area (Å²) < 4.78 is 30.3. The normalized spacial score (nSPS) is 15.0. The van der Waals surface area contributed by atoms with Gasteiger partial charge in [-0.3, -0.25) is 9.35 Å². The molecular formula is C18H18Cl3N3O5S. The number of anilines is 3. The second-order valence-electron chi connectivity index (χ2n) is 6.30. The van der Waals surface area contributed by atoms with Crippen molar-refractivity contribution < 1.29 is 22.6 Å². The molecule has 0 aliphatic carbocycles. The number of nitrogens with zero attached hydrogens (tertiary/aromatic N) is 2. The number of hydrogen-bond donors (Lipinski definition) is 2. The predicted octanol–water partition coefficient (Wildman–Crippen LogP) is 4.24. The summed E-state index contributed by atoms with van der Waals surface area (Å²) >= 11 is 15.5. The van der Waals surface area contributed by atoms with E-state index in [0.29, 0.717) is 32.0 Å². The van der Waals surface area contributed by atoms with E-state index in [1.165, 1.54) is 19.2 Å². The first-order valence-corrected chi connectivity index (χ1v) is 10.9. The zero-order valence-electron chi connectivity index (χ0n) is 15.7. The lowest BCUT2D eigenvalue weighted by Crippen LogP contribution is -2.36. The number of morpholine rings is 1. The molecule has 0 spiro atoms. The number of benzene rings is 2. The Hall–Kier alpha value is -1.59. The van der Waals surface area contributed by atoms with E-state index in [9.17, 15) is 9.00 Å². The third kappa shape index (κ3) is 5.55. The quantitative estimate of drug-likeness (QED) is 0.352. The molecule has 0 saturated carbocycles. The summed E-state index contributed by atoms with van der Waals surface area (Å²) in [4.78, 5) is 15.1. The molecule has 2 N–H and O–H groups in total. The van der Waals surface area contributed by atoms with Crippen LogP contribution in [-0.2, 0) is 20.4 Å². The largest absolute Gasteiger partial charge is 0.378 e. The molecule has 8 nitrogen and oxygen atoms in total. The van der Waals surface area contributed by atoms with E-state index in [1.54, 1.807) is 18.2 Å². The lowest BCUT2D eigenvalue weighted by atomic mass is 10.1. The monoisotopic (exact) mass is 493 g/mol. The standard InChI is InChI=1S/C18H18Cl3N3O5S/c1-23(29-30(26)27)16-3-2-12(24-4-6-28-7-5-24)10-13(16)18(25)22-11-8-14(19)17(21)15(20)9-11/h2-3,8-10H,4-7H2,1H3,(H,22,25)(H,26,27). The number of hydroxylamine groups is 1. The molecule has 1 atom stereocenters. The molecule has 1 fully saturated rings. The summed E-state index contributed by atoms with van der Waals surface area (Å²) in [5.41, 5.74) is 1.65. The summed E-state index contributed by atoms with van der Waals surface area (Å²) in [5.74, 6) is -0.492. The molecule has 1 aliphatic rings. The van der Waals surface area contributed by atoms with Crippen molar-refractivity contribution in [3.63, 3.8) is 0 Å². The van der Waals surface area contributed by atoms with E-state index in [2.05, 4.69) is 10.2 Å². The van der Waals surface area contributed by atoms with Crippen LogP contribution in [0.25, 0.3) is 0 Å². The average molecular weight is 495 g/mol. The highest BCUT2D eigenvalue weighted by Gasteiger charge is 2.21. The molecule has 2 aromatic rings. The molecule has 12 heteroatoms. The Morgan fingerprint density at radius 3 is 2.43 bits per heavy atom. The summed E-state index contributed by atoms with van der Waals surface area (Å²) in [6.45, 7) is 2.51. The van der Waals surface area contributed by atoms with Gasteiger partial charge in [-0.05, 0) is 30.3 Å². The number of halogens is 3. The van der Waals surface area contributed by atoms with Crippen molar-refractivity contribution in [1.82, 2.24) is 0 Å². The van der Waals surface area contributed by atoms with E-state index >= 15 is 0 Å². The molecule has 1 heterocycles. The Balaban J connectivity index is 1.95. The van der Waals surface area contributed by atoms with Crippen molar-refractivity contribution in [2.24, 2.45) is 0 Å². The molecule has 2 aromatic carbocycles. The van der Waals surface area contributed by atoms with Crippen molar-refractivity contribution >= 4 is 69.1 Å². The Labute approximate surface area is 191 Å². The molecule has 0 radical (unpaired) electrons. The molecule has 0 aromatic heterocycles. The van der Waals surface area contributed by atoms with Gasteiger partial charge in [-0.25, -0.2) is 5.06 Å². The van der Waals surface area contributed by atoms with E-state index in [-0.39, 0.29) is 26.3 Å². The molecule has 1 saturated heterocycles. The van der Waals surface area contributed by atoms with Gasteiger partial charge in [0.2, 0.25) is 0 Å². The Morgan fingerprint density at radius 2 is 1.83 bits per heavy atom. The summed E-state index contributed by atoms with van der Waals surface area (Å²) in [5, 5.41) is 4.34. The van der Waals surface area contributed by atoms with Crippen LogP contribution in [0.15, 0.2) is 30.3 Å². The van der Waals surface area contributed by atoms with Gasteiger partial charge in [0.15, 0.2) is 0 Å². The van der Waals surface area contributed by atoms with E-state index in [4.69, 9.17) is 48.4 Å². The first-order chi connectivity index (χ1) is 14.3. The Kier molecular flexibility index (Phi) is 7.81. The fourth-order valence-corrected chi connectivity index (χ4v) is 3.83. The topological polar surface area (TPSA) is 91.3 Å². The van der Waals surface area contributed by atoms with Crippen LogP contribution < -0.4 is 15.3 Å². The fourth-order valence-electron chi connectivity index (χ4n) is 2.96. The van der Waals surface area contributed by atoms with Crippen molar-refractivity contribution in [1.29, 1.82) is 0 Å². The molecule has 0 bridgehead atoms. The van der Waals surface area contributed by atoms with Crippen LogP contribution >= 0.6 is 34.8 Å². The van der Waals surface area contributed by atoms with E-state index < -0.39 is 17.3 Å². The van der Waals surface area contributed by atoms with Crippen LogP contribution in [0.1, 0.15) is 10.4 Å². The minimum absolute atomic E-state index is 0.185. The van der Waals surface area contributed by atoms with Gasteiger partial charge in [-0.2, -0.15) is 4.21 Å². The molecule has 1 amide bonds. The second-order valence-corrected chi connectivity index (χ2v) is 8.07. The highest BCUT2D eigenvalue weighted by molar-refractivity contribution is 7.74. The van der Waals surface area contributed by atoms with Gasteiger partial charge >= 0.3 is 11.4 Å². The lowest BCUT2D eigenvalue weighted by Gasteiger charge is -2.30. The number of rotatable bonds is 6. The number of hydrogen-bond acceptors (Lipinski definition) is 6. The molecule has 1 aliphatic heterocycles. The first-order valence-electron chi connectivity index (χ1n) is 8.72. The number of nitrogens with one attached hydrogen (secondary N) is 1. The SMILES string of the molecule is CN(OS(=O)O)c1ccc(N2CCOCC2)cc1C(=O)Nc1cc(Cl)c(Cl)c(Cl)c1. The van der Waals surface area contributed by atoms with Crippen LogP contribution in [0, 0.1) is 0 Å². The molecule has 1 unspecified atom stereocenters. The van der Waals surface area contributed by atoms with E-state index in [0.717, 1.165) is 10.8 Å². The van der Waals surface area contributed by atoms with Crippen molar-refractivity contribution in [2.45, 2.75) is 0 Å². The van der Waals surface area contributed by atoms with Crippen LogP contribution in [0.3, 0.4) is 0 Å². The zero-order valence-corrected chi connectivity index (χ0v) is 18.8. The van der Waals surface area contributed by atoms with Gasteiger partial charge in [-0.1, -0.05) is 34.8 Å². The summed E-state index contributed by atoms with van der Waals surface area (Å²) in [7, 11) is 1.42. The predicted molar refractivity (Wildman–Crippen MR) is 119 cm³/mol. The van der Waals surface area contributed by atoms with Gasteiger partial charge in [0.25, 0.3) is 5.91 Å². The van der Waals surface area contributed by atoms with Crippen molar-refractivity contribution in [2.75, 3.05) is 48.6 Å². The molecular weight excluding hydrogens is 477 g/mol. The highest BCUT2D eigenvalue weighted by atomic mass is 35.5. The van der Waals surface area contributed by atoms with Gasteiger partial charge < -0.3 is 15.0 Å². The lowest BCUT2D eigenvalue weighted by molar-refractivity contribution is 0.102. The van der Waals surface area contributed by atoms with Gasteiger partial charge in [0.1, 0.15) is 0 Å². The maximum Gasteiger partial charge on any atom is 0.325 e. The zero-order chi connectivity index (χ0) is 21.8. The van der Waals surface area contributed by atoms with E-state index in [1.807, 2.05) is 0 Å². The highest BCUT2D eigenvalue weighted by Crippen LogP contribution is 2.34. The van der Waals surface area contributed by atoms with Gasteiger partial charge in [-0.15, -0.1) is 4.28 Å². The van der Waals surface area contributed by atoms with Gasteiger partial charge in [0, 0.05) is 31.5 Å². The third-order valence-corrected chi connectivity index (χ3v) is 5.91. The average Bonchev–Trinajstić information content (AvgIpc) is 2.71. The Bertz CT molecular complexity index is 949. The number of amides is 1. The number of carbonyl (C=O) groups excluding carboxylic acids is 1. The minimum Gasteiger partial charge on any atom is -0.378 e. The van der Waals surface area contributed by atoms with Crippen LogP contribution in [0.5, 0.6) is 0 Å². The minimum atomic E-state index is -2.56. The molecule has 3 rings (SSSR count). The summed E-state index contributed by atoms with van der Waals surface area (Å²) in [6, 6.07) is 8.06. The molecule has 162 valence electrons. The maximum absolute atomic E-state index is 13.1. The van der Waals surface area contributed by atoms with Crippen molar-refractivity contribution in [3.8, 4) is 0 Å². The van der Waals surface area contributed by atoms with Crippen LogP contribution in [-0.4, -0.2) is 48.0 Å². The maximum atomic E-state index is 13.1. The smallest absolute Gasteiger partial charge is 0.325 e. The Morgan fingerprint density at radius 1 is 1.20 bits per heavy atom. The second kappa shape index (κ2) is 10.1.